The van der Waals surface area contributed by atoms with Gasteiger partial charge >= 0.3 is 5.97 Å². The van der Waals surface area contributed by atoms with Gasteiger partial charge in [-0.1, -0.05) is 12.1 Å². The lowest BCUT2D eigenvalue weighted by molar-refractivity contribution is -0.131. The van der Waals surface area contributed by atoms with Gasteiger partial charge in [0.1, 0.15) is 5.75 Å². The molecule has 2 amide bonds. The van der Waals surface area contributed by atoms with Gasteiger partial charge in [-0.15, -0.1) is 0 Å². The standard InChI is InChI=1S/C22H22N2O4/c1-14(25)28-20-7-3-2-6-18(20)21(26)23-17-10-11-19-16(13-17)5-4-12-24(19)22(27)15-8-9-15/h2-3,6-7,10-11,13,15H,4-5,8-9,12H2,1H3,(H,23,26). The Bertz CT molecular complexity index is 949. The number of amides is 2. The van der Waals surface area contributed by atoms with E-state index in [2.05, 4.69) is 5.32 Å². The van der Waals surface area contributed by atoms with E-state index in [0.717, 1.165) is 43.5 Å². The lowest BCUT2D eigenvalue weighted by Gasteiger charge is -2.30. The first-order valence-corrected chi connectivity index (χ1v) is 9.56. The first-order chi connectivity index (χ1) is 13.5. The second-order valence-electron chi connectivity index (χ2n) is 7.26. The molecule has 4 rings (SSSR count). The molecule has 0 saturated heterocycles. The predicted molar refractivity (Wildman–Crippen MR) is 106 cm³/mol. The molecule has 6 heteroatoms. The summed E-state index contributed by atoms with van der Waals surface area (Å²) in [6.07, 6.45) is 3.76. The highest BCUT2D eigenvalue weighted by Gasteiger charge is 2.35. The van der Waals surface area contributed by atoms with Gasteiger partial charge in [0.15, 0.2) is 0 Å². The van der Waals surface area contributed by atoms with Crippen LogP contribution >= 0.6 is 0 Å². The molecule has 6 nitrogen and oxygen atoms in total. The van der Waals surface area contributed by atoms with Crippen LogP contribution in [0.4, 0.5) is 11.4 Å². The molecule has 0 radical (unpaired) electrons. The van der Waals surface area contributed by atoms with Crippen LogP contribution in [-0.2, 0) is 16.0 Å². The highest BCUT2D eigenvalue weighted by atomic mass is 16.5. The number of carbonyl (C=O) groups excluding carboxylic acids is 3. The average Bonchev–Trinajstić information content (AvgIpc) is 3.52. The minimum Gasteiger partial charge on any atom is -0.426 e. The van der Waals surface area contributed by atoms with Crippen molar-refractivity contribution in [1.82, 2.24) is 0 Å². The number of nitrogens with one attached hydrogen (secondary N) is 1. The van der Waals surface area contributed by atoms with Crippen molar-refractivity contribution >= 4 is 29.2 Å². The third-order valence-electron chi connectivity index (χ3n) is 5.03. The Labute approximate surface area is 163 Å². The molecule has 0 unspecified atom stereocenters. The summed E-state index contributed by atoms with van der Waals surface area (Å²) in [5.74, 6) is -0.198. The number of para-hydroxylation sites is 1. The third kappa shape index (κ3) is 3.76. The molecule has 2 aromatic rings. The van der Waals surface area contributed by atoms with Crippen LogP contribution in [0.3, 0.4) is 0 Å². The van der Waals surface area contributed by atoms with Crippen LogP contribution in [0.1, 0.15) is 42.1 Å². The molecule has 144 valence electrons. The molecule has 1 aliphatic carbocycles. The molecule has 0 atom stereocenters. The van der Waals surface area contributed by atoms with Crippen molar-refractivity contribution in [2.45, 2.75) is 32.6 Å². The summed E-state index contributed by atoms with van der Waals surface area (Å²) >= 11 is 0. The number of aryl methyl sites for hydroxylation is 1. The van der Waals surface area contributed by atoms with Crippen LogP contribution in [0.25, 0.3) is 0 Å². The molecule has 1 heterocycles. The number of hydrogen-bond donors (Lipinski definition) is 1. The molecule has 1 N–H and O–H groups in total. The Morgan fingerprint density at radius 3 is 2.64 bits per heavy atom. The van der Waals surface area contributed by atoms with Crippen molar-refractivity contribution in [2.75, 3.05) is 16.8 Å². The number of nitrogens with zero attached hydrogens (tertiary/aromatic N) is 1. The van der Waals surface area contributed by atoms with Gasteiger partial charge in [0.25, 0.3) is 5.91 Å². The summed E-state index contributed by atoms with van der Waals surface area (Å²) < 4.78 is 5.12. The van der Waals surface area contributed by atoms with Crippen molar-refractivity contribution in [3.8, 4) is 5.75 Å². The summed E-state index contributed by atoms with van der Waals surface area (Å²) in [5, 5.41) is 2.87. The largest absolute Gasteiger partial charge is 0.426 e. The average molecular weight is 378 g/mol. The molecule has 0 bridgehead atoms. The minimum absolute atomic E-state index is 0.183. The van der Waals surface area contributed by atoms with Crippen LogP contribution in [0.5, 0.6) is 5.75 Å². The second kappa shape index (κ2) is 7.46. The number of ether oxygens (including phenoxy) is 1. The molecule has 2 aromatic carbocycles. The van der Waals surface area contributed by atoms with Gasteiger partial charge in [-0.2, -0.15) is 0 Å². The topological polar surface area (TPSA) is 75.7 Å². The number of esters is 1. The van der Waals surface area contributed by atoms with Crippen molar-refractivity contribution < 1.29 is 19.1 Å². The maximum Gasteiger partial charge on any atom is 0.308 e. The highest BCUT2D eigenvalue weighted by molar-refractivity contribution is 6.07. The van der Waals surface area contributed by atoms with Crippen LogP contribution in [-0.4, -0.2) is 24.3 Å². The number of carbonyl (C=O) groups is 3. The Morgan fingerprint density at radius 1 is 1.11 bits per heavy atom. The molecular formula is C22H22N2O4. The number of benzene rings is 2. The molecule has 2 aliphatic rings. The normalized spacial score (nSPS) is 15.5. The molecular weight excluding hydrogens is 356 g/mol. The van der Waals surface area contributed by atoms with Gasteiger partial charge in [0, 0.05) is 30.8 Å². The fraction of sp³-hybridized carbons (Fsp3) is 0.318. The van der Waals surface area contributed by atoms with Crippen molar-refractivity contribution in [2.24, 2.45) is 5.92 Å². The van der Waals surface area contributed by atoms with E-state index in [4.69, 9.17) is 4.74 Å². The molecule has 28 heavy (non-hydrogen) atoms. The Balaban J connectivity index is 1.54. The molecule has 1 saturated carbocycles. The first-order valence-electron chi connectivity index (χ1n) is 9.56. The third-order valence-corrected chi connectivity index (χ3v) is 5.03. The summed E-state index contributed by atoms with van der Waals surface area (Å²) in [7, 11) is 0. The second-order valence-corrected chi connectivity index (χ2v) is 7.26. The number of anilines is 2. The van der Waals surface area contributed by atoms with E-state index in [1.54, 1.807) is 24.3 Å². The first kappa shape index (κ1) is 18.2. The number of rotatable bonds is 4. The quantitative estimate of drug-likeness (QED) is 0.652. The number of hydrogen-bond acceptors (Lipinski definition) is 4. The van der Waals surface area contributed by atoms with Gasteiger partial charge in [0.2, 0.25) is 5.91 Å². The maximum atomic E-state index is 12.7. The Kier molecular flexibility index (Phi) is 4.86. The zero-order valence-electron chi connectivity index (χ0n) is 15.7. The van der Waals surface area contributed by atoms with Gasteiger partial charge in [-0.3, -0.25) is 14.4 Å². The van der Waals surface area contributed by atoms with E-state index in [9.17, 15) is 14.4 Å². The summed E-state index contributed by atoms with van der Waals surface area (Å²) in [5.41, 5.74) is 2.95. The molecule has 0 aromatic heterocycles. The lowest BCUT2D eigenvalue weighted by Crippen LogP contribution is -2.36. The highest BCUT2D eigenvalue weighted by Crippen LogP contribution is 2.36. The van der Waals surface area contributed by atoms with Gasteiger partial charge < -0.3 is 15.0 Å². The summed E-state index contributed by atoms with van der Waals surface area (Å²) in [4.78, 5) is 38.3. The smallest absolute Gasteiger partial charge is 0.308 e. The molecule has 0 spiro atoms. The van der Waals surface area contributed by atoms with Gasteiger partial charge in [0.05, 0.1) is 5.56 Å². The van der Waals surface area contributed by atoms with E-state index in [0.29, 0.717) is 11.3 Å². The fourth-order valence-corrected chi connectivity index (χ4v) is 3.55. The van der Waals surface area contributed by atoms with Crippen LogP contribution in [0.2, 0.25) is 0 Å². The zero-order valence-corrected chi connectivity index (χ0v) is 15.7. The SMILES string of the molecule is CC(=O)Oc1ccccc1C(=O)Nc1ccc2c(c1)CCCN2C(=O)C1CC1. The van der Waals surface area contributed by atoms with E-state index in [1.807, 2.05) is 23.1 Å². The van der Waals surface area contributed by atoms with E-state index in [1.165, 1.54) is 6.92 Å². The van der Waals surface area contributed by atoms with E-state index < -0.39 is 5.97 Å². The van der Waals surface area contributed by atoms with Crippen molar-refractivity contribution in [1.29, 1.82) is 0 Å². The summed E-state index contributed by atoms with van der Waals surface area (Å²) in [6, 6.07) is 12.3. The monoisotopic (exact) mass is 378 g/mol. The number of fused-ring (bicyclic) bond motifs is 1. The lowest BCUT2D eigenvalue weighted by atomic mass is 10.00. The van der Waals surface area contributed by atoms with Crippen LogP contribution in [0, 0.1) is 5.92 Å². The van der Waals surface area contributed by atoms with Crippen LogP contribution in [0.15, 0.2) is 42.5 Å². The summed E-state index contributed by atoms with van der Waals surface area (Å²) in [6.45, 7) is 2.05. The Morgan fingerprint density at radius 2 is 1.89 bits per heavy atom. The maximum absolute atomic E-state index is 12.7. The van der Waals surface area contributed by atoms with Gasteiger partial charge in [-0.05, 0) is 61.6 Å². The molecule has 1 aliphatic heterocycles. The molecule has 1 fully saturated rings. The minimum atomic E-state index is -0.477. The Hall–Kier alpha value is -3.15. The van der Waals surface area contributed by atoms with E-state index >= 15 is 0 Å². The van der Waals surface area contributed by atoms with Crippen molar-refractivity contribution in [3.05, 3.63) is 53.6 Å². The van der Waals surface area contributed by atoms with E-state index in [-0.39, 0.29) is 23.5 Å². The van der Waals surface area contributed by atoms with Crippen molar-refractivity contribution in [3.63, 3.8) is 0 Å². The van der Waals surface area contributed by atoms with Gasteiger partial charge in [-0.25, -0.2) is 0 Å². The van der Waals surface area contributed by atoms with Crippen LogP contribution < -0.4 is 15.0 Å². The fourth-order valence-electron chi connectivity index (χ4n) is 3.55. The zero-order chi connectivity index (χ0) is 19.7. The predicted octanol–water partition coefficient (Wildman–Crippen LogP) is 3.55.